The Bertz CT molecular complexity index is 560. The summed E-state index contributed by atoms with van der Waals surface area (Å²) in [5.41, 5.74) is 5.49. The third-order valence-electron chi connectivity index (χ3n) is 3.44. The second-order valence-electron chi connectivity index (χ2n) is 4.71. The zero-order chi connectivity index (χ0) is 14.5. The molecule has 0 aromatic heterocycles. The predicted molar refractivity (Wildman–Crippen MR) is 77.4 cm³/mol. The first-order valence-corrected chi connectivity index (χ1v) is 6.47. The van der Waals surface area contributed by atoms with Crippen molar-refractivity contribution in [1.29, 1.82) is 0 Å². The van der Waals surface area contributed by atoms with E-state index < -0.39 is 0 Å². The number of hydrogen-bond acceptors (Lipinski definition) is 3. The van der Waals surface area contributed by atoms with E-state index in [1.165, 1.54) is 12.1 Å². The van der Waals surface area contributed by atoms with Crippen LogP contribution >= 0.6 is 0 Å². The maximum atomic E-state index is 13.5. The van der Waals surface area contributed by atoms with E-state index in [2.05, 4.69) is 5.43 Å². The minimum atomic E-state index is -0.321. The van der Waals surface area contributed by atoms with Crippen molar-refractivity contribution in [2.24, 2.45) is 5.84 Å². The standard InChI is InChI=1S/C16H19FN2O/c1-11-8-9-13(17)10-14(11)15(19-18)16(20-2)12-6-4-3-5-7-12/h3-10,15-16,19H,18H2,1-2H3. The fraction of sp³-hybridized carbons (Fsp3) is 0.250. The minimum absolute atomic E-state index is 0.284. The molecule has 0 saturated carbocycles. The molecule has 4 heteroatoms. The summed E-state index contributed by atoms with van der Waals surface area (Å²) in [5, 5.41) is 0. The molecule has 0 amide bonds. The smallest absolute Gasteiger partial charge is 0.123 e. The summed E-state index contributed by atoms with van der Waals surface area (Å²) in [6.45, 7) is 1.93. The van der Waals surface area contributed by atoms with E-state index in [1.54, 1.807) is 13.2 Å². The van der Waals surface area contributed by atoms with Crippen molar-refractivity contribution in [3.05, 3.63) is 71.0 Å². The molecule has 2 rings (SSSR count). The molecule has 0 radical (unpaired) electrons. The number of rotatable bonds is 5. The average molecular weight is 274 g/mol. The molecular weight excluding hydrogens is 255 g/mol. The van der Waals surface area contributed by atoms with E-state index in [-0.39, 0.29) is 18.0 Å². The zero-order valence-corrected chi connectivity index (χ0v) is 11.6. The van der Waals surface area contributed by atoms with Crippen LogP contribution in [0, 0.1) is 12.7 Å². The van der Waals surface area contributed by atoms with Crippen molar-refractivity contribution in [3.8, 4) is 0 Å². The number of halogens is 1. The Morgan fingerprint density at radius 3 is 2.45 bits per heavy atom. The molecule has 3 N–H and O–H groups in total. The molecule has 0 heterocycles. The fourth-order valence-electron chi connectivity index (χ4n) is 2.39. The summed E-state index contributed by atoms with van der Waals surface area (Å²) in [6.07, 6.45) is -0.290. The summed E-state index contributed by atoms with van der Waals surface area (Å²) in [5.74, 6) is 5.40. The van der Waals surface area contributed by atoms with Crippen molar-refractivity contribution >= 4 is 0 Å². The number of benzene rings is 2. The highest BCUT2D eigenvalue weighted by molar-refractivity contribution is 5.32. The van der Waals surface area contributed by atoms with Crippen LogP contribution in [-0.2, 0) is 4.74 Å². The van der Waals surface area contributed by atoms with Crippen LogP contribution in [0.4, 0.5) is 4.39 Å². The van der Waals surface area contributed by atoms with Gasteiger partial charge in [0, 0.05) is 7.11 Å². The molecule has 2 atom stereocenters. The normalized spacial score (nSPS) is 14.0. The summed E-state index contributed by atoms with van der Waals surface area (Å²) in [4.78, 5) is 0. The van der Waals surface area contributed by atoms with Crippen LogP contribution in [-0.4, -0.2) is 7.11 Å². The van der Waals surface area contributed by atoms with E-state index in [4.69, 9.17) is 10.6 Å². The second kappa shape index (κ2) is 6.61. The van der Waals surface area contributed by atoms with Gasteiger partial charge in [-0.3, -0.25) is 5.84 Å². The lowest BCUT2D eigenvalue weighted by Crippen LogP contribution is -2.34. The van der Waals surface area contributed by atoms with Gasteiger partial charge in [-0.25, -0.2) is 9.82 Å². The third kappa shape index (κ3) is 3.04. The monoisotopic (exact) mass is 274 g/mol. The zero-order valence-electron chi connectivity index (χ0n) is 11.6. The topological polar surface area (TPSA) is 47.3 Å². The lowest BCUT2D eigenvalue weighted by molar-refractivity contribution is 0.0673. The number of nitrogens with one attached hydrogen (secondary N) is 1. The van der Waals surface area contributed by atoms with Crippen molar-refractivity contribution in [2.75, 3.05) is 7.11 Å². The molecular formula is C16H19FN2O. The second-order valence-corrected chi connectivity index (χ2v) is 4.71. The van der Waals surface area contributed by atoms with E-state index in [0.717, 1.165) is 16.7 Å². The number of hydrazine groups is 1. The SMILES string of the molecule is COC(c1ccccc1)C(NN)c1cc(F)ccc1C. The Hall–Kier alpha value is -1.75. The highest BCUT2D eigenvalue weighted by Gasteiger charge is 2.25. The Kier molecular flexibility index (Phi) is 4.84. The van der Waals surface area contributed by atoms with Gasteiger partial charge in [0.1, 0.15) is 11.9 Å². The Labute approximate surface area is 118 Å². The number of ether oxygens (including phenoxy) is 1. The highest BCUT2D eigenvalue weighted by Crippen LogP contribution is 2.32. The van der Waals surface area contributed by atoms with Crippen molar-refractivity contribution in [1.82, 2.24) is 5.43 Å². The van der Waals surface area contributed by atoms with E-state index in [9.17, 15) is 4.39 Å². The van der Waals surface area contributed by atoms with Crippen molar-refractivity contribution in [3.63, 3.8) is 0 Å². The van der Waals surface area contributed by atoms with Gasteiger partial charge in [-0.2, -0.15) is 0 Å². The van der Waals surface area contributed by atoms with Crippen LogP contribution in [0.15, 0.2) is 48.5 Å². The predicted octanol–water partition coefficient (Wildman–Crippen LogP) is 3.03. The third-order valence-corrected chi connectivity index (χ3v) is 3.44. The largest absolute Gasteiger partial charge is 0.375 e. The highest BCUT2D eigenvalue weighted by atomic mass is 19.1. The fourth-order valence-corrected chi connectivity index (χ4v) is 2.39. The molecule has 2 unspecified atom stereocenters. The van der Waals surface area contributed by atoms with E-state index in [1.807, 2.05) is 37.3 Å². The molecule has 0 spiro atoms. The molecule has 3 nitrogen and oxygen atoms in total. The number of nitrogens with two attached hydrogens (primary N) is 1. The Morgan fingerprint density at radius 2 is 1.85 bits per heavy atom. The van der Waals surface area contributed by atoms with Crippen molar-refractivity contribution in [2.45, 2.75) is 19.1 Å². The molecule has 2 aromatic carbocycles. The molecule has 0 aliphatic carbocycles. The summed E-state index contributed by atoms with van der Waals surface area (Å²) >= 11 is 0. The van der Waals surface area contributed by atoms with Gasteiger partial charge < -0.3 is 4.74 Å². The van der Waals surface area contributed by atoms with Gasteiger partial charge in [0.25, 0.3) is 0 Å². The molecule has 106 valence electrons. The Balaban J connectivity index is 2.42. The van der Waals surface area contributed by atoms with Crippen LogP contribution < -0.4 is 11.3 Å². The summed E-state index contributed by atoms with van der Waals surface area (Å²) < 4.78 is 19.1. The quantitative estimate of drug-likeness (QED) is 0.651. The maximum Gasteiger partial charge on any atom is 0.123 e. The molecule has 0 saturated heterocycles. The molecule has 2 aromatic rings. The molecule has 0 bridgehead atoms. The lowest BCUT2D eigenvalue weighted by atomic mass is 9.93. The molecule has 0 aliphatic heterocycles. The number of hydrogen-bond donors (Lipinski definition) is 2. The Morgan fingerprint density at radius 1 is 1.15 bits per heavy atom. The molecule has 0 aliphatic rings. The first-order chi connectivity index (χ1) is 9.67. The van der Waals surface area contributed by atoms with Gasteiger partial charge in [-0.05, 0) is 35.7 Å². The van der Waals surface area contributed by atoms with E-state index >= 15 is 0 Å². The van der Waals surface area contributed by atoms with Gasteiger partial charge in [-0.1, -0.05) is 36.4 Å². The summed E-state index contributed by atoms with van der Waals surface area (Å²) in [6, 6.07) is 14.1. The van der Waals surface area contributed by atoms with E-state index in [0.29, 0.717) is 0 Å². The van der Waals surface area contributed by atoms with Gasteiger partial charge in [0.15, 0.2) is 0 Å². The molecule has 20 heavy (non-hydrogen) atoms. The first-order valence-electron chi connectivity index (χ1n) is 6.47. The summed E-state index contributed by atoms with van der Waals surface area (Å²) in [7, 11) is 1.62. The number of aryl methyl sites for hydroxylation is 1. The van der Waals surface area contributed by atoms with Crippen LogP contribution in [0.5, 0.6) is 0 Å². The van der Waals surface area contributed by atoms with Crippen LogP contribution in [0.2, 0.25) is 0 Å². The van der Waals surface area contributed by atoms with Gasteiger partial charge in [0.2, 0.25) is 0 Å². The molecule has 0 fully saturated rings. The maximum absolute atomic E-state index is 13.5. The van der Waals surface area contributed by atoms with Gasteiger partial charge in [-0.15, -0.1) is 0 Å². The van der Waals surface area contributed by atoms with Crippen LogP contribution in [0.1, 0.15) is 28.8 Å². The number of methoxy groups -OCH3 is 1. The van der Waals surface area contributed by atoms with Crippen LogP contribution in [0.3, 0.4) is 0 Å². The minimum Gasteiger partial charge on any atom is -0.375 e. The first kappa shape index (κ1) is 14.7. The van der Waals surface area contributed by atoms with Crippen molar-refractivity contribution < 1.29 is 9.13 Å². The average Bonchev–Trinajstić information content (AvgIpc) is 2.48. The lowest BCUT2D eigenvalue weighted by Gasteiger charge is -2.27. The van der Waals surface area contributed by atoms with Gasteiger partial charge >= 0.3 is 0 Å². The van der Waals surface area contributed by atoms with Crippen LogP contribution in [0.25, 0.3) is 0 Å². The van der Waals surface area contributed by atoms with Gasteiger partial charge in [0.05, 0.1) is 6.04 Å².